The summed E-state index contributed by atoms with van der Waals surface area (Å²) >= 11 is 0. The third-order valence-electron chi connectivity index (χ3n) is 1.52. The zero-order valence-electron chi connectivity index (χ0n) is 5.49. The predicted octanol–water partition coefficient (Wildman–Crippen LogP) is -0.655. The van der Waals surface area contributed by atoms with Crippen molar-refractivity contribution in [1.29, 1.82) is 0 Å². The molecule has 1 aliphatic rings. The second-order valence-electron chi connectivity index (χ2n) is 2.38. The van der Waals surface area contributed by atoms with Gasteiger partial charge in [-0.1, -0.05) is 0 Å². The lowest BCUT2D eigenvalue weighted by molar-refractivity contribution is 0.150. The van der Waals surface area contributed by atoms with E-state index in [-0.39, 0.29) is 24.9 Å². The minimum absolute atomic E-state index is 0.00326. The molecule has 1 heterocycles. The van der Waals surface area contributed by atoms with Crippen LogP contribution in [0.2, 0.25) is 0 Å². The predicted molar refractivity (Wildman–Crippen MR) is 34.9 cm³/mol. The van der Waals surface area contributed by atoms with Crippen molar-refractivity contribution < 1.29 is 17.7 Å². The van der Waals surface area contributed by atoms with Gasteiger partial charge in [0, 0.05) is 12.5 Å². The third kappa shape index (κ3) is 1.93. The first-order valence-corrected chi connectivity index (χ1v) is 4.70. The van der Waals surface area contributed by atoms with E-state index in [1.165, 1.54) is 0 Å². The topological polar surface area (TPSA) is 63.6 Å². The van der Waals surface area contributed by atoms with Crippen LogP contribution in [-0.2, 0) is 14.3 Å². The summed E-state index contributed by atoms with van der Waals surface area (Å²) in [6, 6.07) is 0. The summed E-state index contributed by atoms with van der Waals surface area (Å²) in [5.74, 6) is 0.0432. The molecule has 1 aliphatic heterocycles. The van der Waals surface area contributed by atoms with Crippen LogP contribution in [0, 0.1) is 5.92 Å². The smallest absolute Gasteiger partial charge is 0.267 e. The first-order valence-electron chi connectivity index (χ1n) is 3.12. The molecule has 1 atom stereocenters. The van der Waals surface area contributed by atoms with Crippen LogP contribution in [0.15, 0.2) is 0 Å². The SMILES string of the molecule is O=S1(=O)CCC(CO)CO1. The van der Waals surface area contributed by atoms with Crippen molar-refractivity contribution in [2.45, 2.75) is 6.42 Å². The molecular weight excluding hydrogens is 156 g/mol. The Balaban J connectivity index is 2.46. The average molecular weight is 166 g/mol. The maximum Gasteiger partial charge on any atom is 0.267 e. The Morgan fingerprint density at radius 3 is 2.70 bits per heavy atom. The van der Waals surface area contributed by atoms with Gasteiger partial charge in [0.25, 0.3) is 10.1 Å². The molecule has 0 aromatic carbocycles. The summed E-state index contributed by atoms with van der Waals surface area (Å²) in [5.41, 5.74) is 0. The molecule has 0 aromatic heterocycles. The van der Waals surface area contributed by atoms with Gasteiger partial charge in [0.05, 0.1) is 12.4 Å². The highest BCUT2D eigenvalue weighted by atomic mass is 32.2. The average Bonchev–Trinajstić information content (AvgIpc) is 1.88. The molecule has 1 fully saturated rings. The van der Waals surface area contributed by atoms with Gasteiger partial charge < -0.3 is 5.11 Å². The van der Waals surface area contributed by atoms with Crippen LogP contribution in [0.4, 0.5) is 0 Å². The molecule has 1 N–H and O–H groups in total. The Morgan fingerprint density at radius 2 is 2.30 bits per heavy atom. The number of aliphatic hydroxyl groups is 1. The van der Waals surface area contributed by atoms with Crippen LogP contribution >= 0.6 is 0 Å². The minimum Gasteiger partial charge on any atom is -0.396 e. The standard InChI is InChI=1S/C5H10O4S/c6-3-5-1-2-10(7,8)9-4-5/h5-6H,1-4H2. The fourth-order valence-corrected chi connectivity index (χ4v) is 1.94. The second-order valence-corrected chi connectivity index (χ2v) is 4.14. The molecule has 1 unspecified atom stereocenters. The third-order valence-corrected chi connectivity index (χ3v) is 2.75. The summed E-state index contributed by atoms with van der Waals surface area (Å²) in [6.45, 7) is 0.147. The molecule has 60 valence electrons. The number of rotatable bonds is 1. The van der Waals surface area contributed by atoms with E-state index in [1.807, 2.05) is 0 Å². The zero-order chi connectivity index (χ0) is 7.61. The molecule has 0 radical (unpaired) electrons. The summed E-state index contributed by atoms with van der Waals surface area (Å²) in [5, 5.41) is 8.59. The highest BCUT2D eigenvalue weighted by Gasteiger charge is 2.23. The first kappa shape index (κ1) is 7.97. The Bertz CT molecular complexity index is 182. The Morgan fingerprint density at radius 1 is 1.60 bits per heavy atom. The van der Waals surface area contributed by atoms with E-state index in [4.69, 9.17) is 5.11 Å². The van der Waals surface area contributed by atoms with Crippen molar-refractivity contribution in [2.75, 3.05) is 19.0 Å². The van der Waals surface area contributed by atoms with Gasteiger partial charge in [-0.05, 0) is 6.42 Å². The van der Waals surface area contributed by atoms with E-state index in [0.717, 1.165) is 0 Å². The van der Waals surface area contributed by atoms with Crippen LogP contribution in [0.5, 0.6) is 0 Å². The monoisotopic (exact) mass is 166 g/mol. The van der Waals surface area contributed by atoms with Gasteiger partial charge in [0.2, 0.25) is 0 Å². The van der Waals surface area contributed by atoms with Crippen molar-refractivity contribution in [3.63, 3.8) is 0 Å². The van der Waals surface area contributed by atoms with Gasteiger partial charge >= 0.3 is 0 Å². The number of hydrogen-bond donors (Lipinski definition) is 1. The van der Waals surface area contributed by atoms with E-state index in [1.54, 1.807) is 0 Å². The van der Waals surface area contributed by atoms with Crippen molar-refractivity contribution in [1.82, 2.24) is 0 Å². The summed E-state index contributed by atoms with van der Waals surface area (Å²) < 4.78 is 25.7. The van der Waals surface area contributed by atoms with Gasteiger partial charge in [-0.2, -0.15) is 8.42 Å². The molecule has 5 heteroatoms. The van der Waals surface area contributed by atoms with Crippen LogP contribution in [-0.4, -0.2) is 32.5 Å². The maximum atomic E-state index is 10.6. The van der Waals surface area contributed by atoms with Crippen LogP contribution < -0.4 is 0 Å². The molecule has 1 rings (SSSR count). The number of aliphatic hydroxyl groups excluding tert-OH is 1. The van der Waals surface area contributed by atoms with E-state index >= 15 is 0 Å². The zero-order valence-corrected chi connectivity index (χ0v) is 6.30. The molecule has 10 heavy (non-hydrogen) atoms. The van der Waals surface area contributed by atoms with Crippen molar-refractivity contribution in [2.24, 2.45) is 5.92 Å². The van der Waals surface area contributed by atoms with E-state index in [2.05, 4.69) is 4.18 Å². The van der Waals surface area contributed by atoms with Crippen LogP contribution in [0.3, 0.4) is 0 Å². The second kappa shape index (κ2) is 2.86. The largest absolute Gasteiger partial charge is 0.396 e. The lowest BCUT2D eigenvalue weighted by atomic mass is 10.1. The lowest BCUT2D eigenvalue weighted by Crippen LogP contribution is -2.27. The highest BCUT2D eigenvalue weighted by Crippen LogP contribution is 2.14. The van der Waals surface area contributed by atoms with Crippen molar-refractivity contribution >= 4 is 10.1 Å². The van der Waals surface area contributed by atoms with Crippen molar-refractivity contribution in [3.8, 4) is 0 Å². The van der Waals surface area contributed by atoms with E-state index < -0.39 is 10.1 Å². The summed E-state index contributed by atoms with van der Waals surface area (Å²) in [4.78, 5) is 0. The molecule has 0 aliphatic carbocycles. The molecule has 1 saturated heterocycles. The fraction of sp³-hybridized carbons (Fsp3) is 1.00. The van der Waals surface area contributed by atoms with E-state index in [9.17, 15) is 8.42 Å². The molecule has 0 amide bonds. The maximum absolute atomic E-state index is 10.6. The normalized spacial score (nSPS) is 31.9. The summed E-state index contributed by atoms with van der Waals surface area (Å²) in [6.07, 6.45) is 0.513. The molecule has 4 nitrogen and oxygen atoms in total. The molecule has 0 saturated carbocycles. The minimum atomic E-state index is -3.24. The quantitative estimate of drug-likeness (QED) is 0.525. The lowest BCUT2D eigenvalue weighted by Gasteiger charge is -2.18. The van der Waals surface area contributed by atoms with Crippen LogP contribution in [0.25, 0.3) is 0 Å². The van der Waals surface area contributed by atoms with Gasteiger partial charge in [-0.3, -0.25) is 4.18 Å². The molecule has 0 aromatic rings. The Kier molecular flexibility index (Phi) is 2.28. The van der Waals surface area contributed by atoms with Crippen molar-refractivity contribution in [3.05, 3.63) is 0 Å². The highest BCUT2D eigenvalue weighted by molar-refractivity contribution is 7.86. The Labute approximate surface area is 59.9 Å². The van der Waals surface area contributed by atoms with Gasteiger partial charge in [0.15, 0.2) is 0 Å². The first-order chi connectivity index (χ1) is 4.64. The van der Waals surface area contributed by atoms with Gasteiger partial charge in [-0.15, -0.1) is 0 Å². The fourth-order valence-electron chi connectivity index (χ4n) is 0.797. The van der Waals surface area contributed by atoms with Gasteiger partial charge in [0.1, 0.15) is 0 Å². The molecule has 0 spiro atoms. The van der Waals surface area contributed by atoms with Crippen LogP contribution in [0.1, 0.15) is 6.42 Å². The van der Waals surface area contributed by atoms with Gasteiger partial charge in [-0.25, -0.2) is 0 Å². The summed E-state index contributed by atoms with van der Waals surface area (Å²) in [7, 11) is -3.24. The molecule has 0 bridgehead atoms. The van der Waals surface area contributed by atoms with E-state index in [0.29, 0.717) is 6.42 Å². The number of hydrogen-bond acceptors (Lipinski definition) is 4. The Hall–Kier alpha value is -0.130. The molecular formula is C5H10O4S.